The van der Waals surface area contributed by atoms with Gasteiger partial charge in [-0.3, -0.25) is 4.98 Å². The summed E-state index contributed by atoms with van der Waals surface area (Å²) >= 11 is 1.63. The van der Waals surface area contributed by atoms with Crippen molar-refractivity contribution in [2.75, 3.05) is 6.54 Å². The van der Waals surface area contributed by atoms with E-state index in [9.17, 15) is 0 Å². The van der Waals surface area contributed by atoms with Crippen LogP contribution in [0.2, 0.25) is 0 Å². The zero-order valence-corrected chi connectivity index (χ0v) is 10.6. The fourth-order valence-corrected chi connectivity index (χ4v) is 2.19. The lowest BCUT2D eigenvalue weighted by Gasteiger charge is -2.00. The van der Waals surface area contributed by atoms with Crippen LogP contribution in [0.4, 0.5) is 0 Å². The van der Waals surface area contributed by atoms with Crippen LogP contribution in [0.1, 0.15) is 12.6 Å². The molecule has 2 aromatic heterocycles. The first-order valence-corrected chi connectivity index (χ1v) is 6.34. The van der Waals surface area contributed by atoms with Crippen LogP contribution in [0.15, 0.2) is 41.9 Å². The summed E-state index contributed by atoms with van der Waals surface area (Å²) in [6.07, 6.45) is 1.79. The van der Waals surface area contributed by atoms with Gasteiger partial charge in [0.1, 0.15) is 5.01 Å². The van der Waals surface area contributed by atoms with Crippen molar-refractivity contribution in [1.29, 1.82) is 0 Å². The van der Waals surface area contributed by atoms with Crippen molar-refractivity contribution in [2.24, 2.45) is 0 Å². The standard InChI is InChI=1S/C13H15N3S/c1-10(2)7-14-8-11-9-17-13(16-11)12-5-3-4-6-15-12/h3-6,9,14H,1,7-8H2,2H3. The molecule has 0 bridgehead atoms. The van der Waals surface area contributed by atoms with Crippen LogP contribution in [-0.2, 0) is 6.54 Å². The fraction of sp³-hybridized carbons (Fsp3) is 0.231. The van der Waals surface area contributed by atoms with E-state index in [1.807, 2.05) is 25.1 Å². The topological polar surface area (TPSA) is 37.8 Å². The Bertz CT molecular complexity index is 490. The second-order valence-corrected chi connectivity index (χ2v) is 4.78. The Morgan fingerprint density at radius 2 is 2.35 bits per heavy atom. The second kappa shape index (κ2) is 5.70. The number of thiazole rings is 1. The van der Waals surface area contributed by atoms with Crippen molar-refractivity contribution < 1.29 is 0 Å². The molecule has 0 radical (unpaired) electrons. The molecule has 4 heteroatoms. The molecule has 1 N–H and O–H groups in total. The third kappa shape index (κ3) is 3.47. The lowest BCUT2D eigenvalue weighted by molar-refractivity contribution is 0.728. The Morgan fingerprint density at radius 3 is 3.06 bits per heavy atom. The van der Waals surface area contributed by atoms with Gasteiger partial charge >= 0.3 is 0 Å². The first kappa shape index (κ1) is 12.0. The summed E-state index contributed by atoms with van der Waals surface area (Å²) < 4.78 is 0. The van der Waals surface area contributed by atoms with Crippen LogP contribution in [0.25, 0.3) is 10.7 Å². The molecule has 0 saturated heterocycles. The fourth-order valence-electron chi connectivity index (χ4n) is 1.40. The number of aromatic nitrogens is 2. The predicted molar refractivity (Wildman–Crippen MR) is 71.9 cm³/mol. The van der Waals surface area contributed by atoms with E-state index in [2.05, 4.69) is 27.2 Å². The minimum absolute atomic E-state index is 0.774. The molecule has 0 saturated carbocycles. The summed E-state index contributed by atoms with van der Waals surface area (Å²) in [6, 6.07) is 5.86. The highest BCUT2D eigenvalue weighted by Gasteiger charge is 2.04. The maximum atomic E-state index is 4.54. The molecule has 88 valence electrons. The molecule has 0 amide bonds. The van der Waals surface area contributed by atoms with Gasteiger partial charge < -0.3 is 5.32 Å². The maximum absolute atomic E-state index is 4.54. The lowest BCUT2D eigenvalue weighted by atomic mass is 10.3. The van der Waals surface area contributed by atoms with Crippen molar-refractivity contribution in [1.82, 2.24) is 15.3 Å². The first-order chi connectivity index (χ1) is 8.25. The Morgan fingerprint density at radius 1 is 1.47 bits per heavy atom. The van der Waals surface area contributed by atoms with Gasteiger partial charge in [-0.2, -0.15) is 0 Å². The summed E-state index contributed by atoms with van der Waals surface area (Å²) in [4.78, 5) is 8.83. The zero-order valence-electron chi connectivity index (χ0n) is 9.81. The minimum atomic E-state index is 0.774. The van der Waals surface area contributed by atoms with E-state index in [0.717, 1.165) is 35.1 Å². The third-order valence-corrected chi connectivity index (χ3v) is 3.08. The van der Waals surface area contributed by atoms with Gasteiger partial charge in [-0.1, -0.05) is 18.2 Å². The maximum Gasteiger partial charge on any atom is 0.142 e. The van der Waals surface area contributed by atoms with Gasteiger partial charge in [0.2, 0.25) is 0 Å². The second-order valence-electron chi connectivity index (χ2n) is 3.92. The molecule has 0 aromatic carbocycles. The molecule has 17 heavy (non-hydrogen) atoms. The molecule has 2 aromatic rings. The average Bonchev–Trinajstić information content (AvgIpc) is 2.78. The number of hydrogen-bond donors (Lipinski definition) is 1. The van der Waals surface area contributed by atoms with Crippen LogP contribution in [-0.4, -0.2) is 16.5 Å². The molecule has 2 rings (SSSR count). The van der Waals surface area contributed by atoms with E-state index in [0.29, 0.717) is 0 Å². The largest absolute Gasteiger partial charge is 0.307 e. The summed E-state index contributed by atoms with van der Waals surface area (Å²) in [5.74, 6) is 0. The van der Waals surface area contributed by atoms with Crippen LogP contribution < -0.4 is 5.32 Å². The van der Waals surface area contributed by atoms with Crippen LogP contribution in [0, 0.1) is 0 Å². The molecular formula is C13H15N3S. The molecule has 0 atom stereocenters. The van der Waals surface area contributed by atoms with E-state index in [1.54, 1.807) is 17.5 Å². The summed E-state index contributed by atoms with van der Waals surface area (Å²) in [5.41, 5.74) is 3.12. The van der Waals surface area contributed by atoms with Crippen LogP contribution in [0.5, 0.6) is 0 Å². The normalized spacial score (nSPS) is 10.4. The monoisotopic (exact) mass is 245 g/mol. The van der Waals surface area contributed by atoms with Gasteiger partial charge in [0.25, 0.3) is 0 Å². The van der Waals surface area contributed by atoms with Crippen molar-refractivity contribution in [2.45, 2.75) is 13.5 Å². The molecule has 0 unspecified atom stereocenters. The number of nitrogens with one attached hydrogen (secondary N) is 1. The Balaban J connectivity index is 1.99. The Hall–Kier alpha value is -1.52. The zero-order chi connectivity index (χ0) is 12.1. The van der Waals surface area contributed by atoms with E-state index < -0.39 is 0 Å². The van der Waals surface area contributed by atoms with Crippen molar-refractivity contribution in [3.05, 3.63) is 47.6 Å². The molecule has 0 aliphatic heterocycles. The summed E-state index contributed by atoms with van der Waals surface area (Å²) in [7, 11) is 0. The number of nitrogens with zero attached hydrogens (tertiary/aromatic N) is 2. The van der Waals surface area contributed by atoms with E-state index in [1.165, 1.54) is 0 Å². The van der Waals surface area contributed by atoms with Gasteiger partial charge in [0, 0.05) is 24.7 Å². The smallest absolute Gasteiger partial charge is 0.142 e. The highest BCUT2D eigenvalue weighted by molar-refractivity contribution is 7.13. The molecule has 0 aliphatic rings. The molecule has 0 aliphatic carbocycles. The van der Waals surface area contributed by atoms with Gasteiger partial charge in [-0.25, -0.2) is 4.98 Å². The van der Waals surface area contributed by atoms with Gasteiger partial charge in [-0.05, 0) is 19.1 Å². The summed E-state index contributed by atoms with van der Waals surface area (Å²) in [6.45, 7) is 7.46. The Labute approximate surface area is 105 Å². The molecule has 2 heterocycles. The number of hydrogen-bond acceptors (Lipinski definition) is 4. The van der Waals surface area contributed by atoms with Crippen molar-refractivity contribution in [3.8, 4) is 10.7 Å². The molecular weight excluding hydrogens is 230 g/mol. The highest BCUT2D eigenvalue weighted by atomic mass is 32.1. The van der Waals surface area contributed by atoms with Crippen molar-refractivity contribution in [3.63, 3.8) is 0 Å². The van der Waals surface area contributed by atoms with Crippen molar-refractivity contribution >= 4 is 11.3 Å². The van der Waals surface area contributed by atoms with Gasteiger partial charge in [0.15, 0.2) is 0 Å². The van der Waals surface area contributed by atoms with Gasteiger partial charge in [0.05, 0.1) is 11.4 Å². The van der Waals surface area contributed by atoms with Gasteiger partial charge in [-0.15, -0.1) is 11.3 Å². The van der Waals surface area contributed by atoms with E-state index in [4.69, 9.17) is 0 Å². The summed E-state index contributed by atoms with van der Waals surface area (Å²) in [5, 5.41) is 6.33. The van der Waals surface area contributed by atoms with E-state index >= 15 is 0 Å². The highest BCUT2D eigenvalue weighted by Crippen LogP contribution is 2.21. The Kier molecular flexibility index (Phi) is 4.01. The number of pyridine rings is 1. The molecule has 0 fully saturated rings. The number of rotatable bonds is 5. The first-order valence-electron chi connectivity index (χ1n) is 5.46. The quantitative estimate of drug-likeness (QED) is 0.823. The molecule has 0 spiro atoms. The van der Waals surface area contributed by atoms with Crippen LogP contribution in [0.3, 0.4) is 0 Å². The minimum Gasteiger partial charge on any atom is -0.307 e. The van der Waals surface area contributed by atoms with Crippen LogP contribution >= 0.6 is 11.3 Å². The lowest BCUT2D eigenvalue weighted by Crippen LogP contribution is -2.15. The predicted octanol–water partition coefficient (Wildman–Crippen LogP) is 2.87. The average molecular weight is 245 g/mol. The molecule has 3 nitrogen and oxygen atoms in total. The SMILES string of the molecule is C=C(C)CNCc1csc(-c2ccccn2)n1. The van der Waals surface area contributed by atoms with E-state index in [-0.39, 0.29) is 0 Å². The third-order valence-electron chi connectivity index (χ3n) is 2.17.